The number of likely N-dealkylation sites (tertiary alicyclic amines) is 1. The van der Waals surface area contributed by atoms with E-state index < -0.39 is 0 Å². The largest absolute Gasteiger partial charge is 0.493 e. The van der Waals surface area contributed by atoms with Gasteiger partial charge in [0.05, 0.1) is 7.11 Å². The van der Waals surface area contributed by atoms with Crippen molar-refractivity contribution in [1.82, 2.24) is 10.1 Å². The lowest BCUT2D eigenvalue weighted by molar-refractivity contribution is 0.111. The Bertz CT molecular complexity index is 633. The molecule has 1 aromatic heterocycles. The van der Waals surface area contributed by atoms with Crippen molar-refractivity contribution in [2.45, 2.75) is 18.9 Å². The van der Waals surface area contributed by atoms with Crippen molar-refractivity contribution in [3.05, 3.63) is 24.3 Å². The van der Waals surface area contributed by atoms with Gasteiger partial charge in [-0.1, -0.05) is 5.16 Å². The number of nitrogens with zero attached hydrogens (tertiary/aromatic N) is 2. The Morgan fingerprint density at radius 1 is 1.23 bits per heavy atom. The maximum atomic E-state index is 6.15. The highest BCUT2D eigenvalue weighted by molar-refractivity contribution is 5.65. The zero-order chi connectivity index (χ0) is 15.5. The van der Waals surface area contributed by atoms with Crippen molar-refractivity contribution >= 4 is 5.88 Å². The minimum atomic E-state index is 0.211. The third kappa shape index (κ3) is 3.17. The standard InChI is InChI=1S/C16H21N3O3/c1-19-7-5-12(6-8-19)21-15-9-11(3-4-14(15)20-2)13-10-16(17)22-18-13/h3-4,9-10,12H,5-8,17H2,1-2H3. The van der Waals surface area contributed by atoms with Gasteiger partial charge in [-0.05, 0) is 38.1 Å². The van der Waals surface area contributed by atoms with Crippen molar-refractivity contribution in [3.63, 3.8) is 0 Å². The molecule has 2 aromatic rings. The maximum absolute atomic E-state index is 6.15. The highest BCUT2D eigenvalue weighted by Gasteiger charge is 2.20. The quantitative estimate of drug-likeness (QED) is 0.935. The third-order valence-corrected chi connectivity index (χ3v) is 3.95. The molecule has 0 aliphatic carbocycles. The number of rotatable bonds is 4. The van der Waals surface area contributed by atoms with E-state index in [9.17, 15) is 0 Å². The Kier molecular flexibility index (Phi) is 4.20. The summed E-state index contributed by atoms with van der Waals surface area (Å²) < 4.78 is 16.5. The van der Waals surface area contributed by atoms with E-state index in [1.165, 1.54) is 0 Å². The molecule has 1 aliphatic heterocycles. The SMILES string of the molecule is COc1ccc(-c2cc(N)on2)cc1OC1CCN(C)CC1. The van der Waals surface area contributed by atoms with E-state index in [1.54, 1.807) is 13.2 Å². The summed E-state index contributed by atoms with van der Waals surface area (Å²) >= 11 is 0. The molecule has 0 amide bonds. The minimum Gasteiger partial charge on any atom is -0.493 e. The molecule has 0 atom stereocenters. The molecule has 0 saturated carbocycles. The average molecular weight is 303 g/mol. The normalized spacial score (nSPS) is 16.6. The van der Waals surface area contributed by atoms with Crippen LogP contribution in [0.2, 0.25) is 0 Å². The highest BCUT2D eigenvalue weighted by Crippen LogP contribution is 2.34. The predicted octanol–water partition coefficient (Wildman–Crippen LogP) is 2.41. The van der Waals surface area contributed by atoms with E-state index in [-0.39, 0.29) is 6.10 Å². The lowest BCUT2D eigenvalue weighted by atomic mass is 10.1. The van der Waals surface area contributed by atoms with Crippen LogP contribution in [0.15, 0.2) is 28.8 Å². The van der Waals surface area contributed by atoms with Gasteiger partial charge in [-0.25, -0.2) is 0 Å². The number of aromatic nitrogens is 1. The second-order valence-electron chi connectivity index (χ2n) is 5.60. The molecular weight excluding hydrogens is 282 g/mol. The number of hydrogen-bond acceptors (Lipinski definition) is 6. The number of piperidine rings is 1. The molecule has 0 bridgehead atoms. The molecule has 0 unspecified atom stereocenters. The van der Waals surface area contributed by atoms with Gasteiger partial charge in [0.1, 0.15) is 11.8 Å². The molecule has 1 saturated heterocycles. The first-order valence-electron chi connectivity index (χ1n) is 7.41. The van der Waals surface area contributed by atoms with Gasteiger partial charge in [-0.15, -0.1) is 0 Å². The van der Waals surface area contributed by atoms with E-state index in [2.05, 4.69) is 17.1 Å². The molecule has 0 radical (unpaired) electrons. The number of nitrogens with two attached hydrogens (primary N) is 1. The zero-order valence-corrected chi connectivity index (χ0v) is 12.9. The minimum absolute atomic E-state index is 0.211. The second kappa shape index (κ2) is 6.27. The first kappa shape index (κ1) is 14.7. The van der Waals surface area contributed by atoms with E-state index >= 15 is 0 Å². The summed E-state index contributed by atoms with van der Waals surface area (Å²) in [5.74, 6) is 1.75. The van der Waals surface area contributed by atoms with E-state index in [4.69, 9.17) is 19.7 Å². The third-order valence-electron chi connectivity index (χ3n) is 3.95. The van der Waals surface area contributed by atoms with Crippen LogP contribution in [0.1, 0.15) is 12.8 Å². The Morgan fingerprint density at radius 2 is 2.00 bits per heavy atom. The molecule has 118 valence electrons. The molecule has 2 N–H and O–H groups in total. The van der Waals surface area contributed by atoms with Gasteiger partial charge >= 0.3 is 0 Å². The van der Waals surface area contributed by atoms with Crippen LogP contribution in [-0.2, 0) is 0 Å². The number of ether oxygens (including phenoxy) is 2. The van der Waals surface area contributed by atoms with Gasteiger partial charge in [0.15, 0.2) is 11.5 Å². The van der Waals surface area contributed by atoms with Crippen LogP contribution in [0, 0.1) is 0 Å². The fraction of sp³-hybridized carbons (Fsp3) is 0.438. The molecule has 3 rings (SSSR count). The molecule has 1 aliphatic rings. The fourth-order valence-corrected chi connectivity index (χ4v) is 2.64. The van der Waals surface area contributed by atoms with Gasteiger partial charge in [-0.3, -0.25) is 0 Å². The summed E-state index contributed by atoms with van der Waals surface area (Å²) in [6.07, 6.45) is 2.24. The van der Waals surface area contributed by atoms with Crippen LogP contribution >= 0.6 is 0 Å². The summed E-state index contributed by atoms with van der Waals surface area (Å²) in [6, 6.07) is 7.41. The number of hydrogen-bond donors (Lipinski definition) is 1. The van der Waals surface area contributed by atoms with E-state index in [0.717, 1.165) is 43.0 Å². The number of methoxy groups -OCH3 is 1. The Balaban J connectivity index is 1.82. The highest BCUT2D eigenvalue weighted by atomic mass is 16.5. The summed E-state index contributed by atoms with van der Waals surface area (Å²) in [5.41, 5.74) is 7.16. The molecule has 6 nitrogen and oxygen atoms in total. The topological polar surface area (TPSA) is 73.8 Å². The van der Waals surface area contributed by atoms with Crippen molar-refractivity contribution in [2.24, 2.45) is 0 Å². The Morgan fingerprint density at radius 3 is 2.64 bits per heavy atom. The summed E-state index contributed by atoms with van der Waals surface area (Å²) in [5, 5.41) is 3.94. The lowest BCUT2D eigenvalue weighted by Gasteiger charge is -2.29. The Labute approximate surface area is 129 Å². The first-order valence-corrected chi connectivity index (χ1v) is 7.41. The van der Waals surface area contributed by atoms with Crippen LogP contribution in [-0.4, -0.2) is 43.4 Å². The predicted molar refractivity (Wildman–Crippen MR) is 84.1 cm³/mol. The van der Waals surface area contributed by atoms with Gasteiger partial charge in [0.2, 0.25) is 5.88 Å². The number of nitrogen functional groups attached to an aromatic ring is 1. The lowest BCUT2D eigenvalue weighted by Crippen LogP contribution is -2.35. The number of anilines is 1. The van der Waals surface area contributed by atoms with E-state index in [0.29, 0.717) is 11.6 Å². The molecule has 1 fully saturated rings. The monoisotopic (exact) mass is 303 g/mol. The van der Waals surface area contributed by atoms with Crippen LogP contribution in [0.3, 0.4) is 0 Å². The van der Waals surface area contributed by atoms with Crippen molar-refractivity contribution in [1.29, 1.82) is 0 Å². The van der Waals surface area contributed by atoms with Crippen LogP contribution in [0.5, 0.6) is 11.5 Å². The molecular formula is C16H21N3O3. The summed E-state index contributed by atoms with van der Waals surface area (Å²) in [7, 11) is 3.77. The second-order valence-corrected chi connectivity index (χ2v) is 5.60. The molecule has 2 heterocycles. The Hall–Kier alpha value is -2.21. The van der Waals surface area contributed by atoms with Gasteiger partial charge in [0, 0.05) is 24.7 Å². The van der Waals surface area contributed by atoms with Gasteiger partial charge in [0.25, 0.3) is 0 Å². The molecule has 22 heavy (non-hydrogen) atoms. The average Bonchev–Trinajstić information content (AvgIpc) is 2.96. The smallest absolute Gasteiger partial charge is 0.222 e. The molecule has 0 spiro atoms. The molecule has 1 aromatic carbocycles. The van der Waals surface area contributed by atoms with Gasteiger partial charge < -0.3 is 24.6 Å². The molecule has 6 heteroatoms. The zero-order valence-electron chi connectivity index (χ0n) is 12.9. The summed E-state index contributed by atoms with van der Waals surface area (Å²) in [6.45, 7) is 2.10. The van der Waals surface area contributed by atoms with Crippen molar-refractivity contribution in [3.8, 4) is 22.8 Å². The van der Waals surface area contributed by atoms with Crippen molar-refractivity contribution in [2.75, 3.05) is 33.0 Å². The number of benzene rings is 1. The summed E-state index contributed by atoms with van der Waals surface area (Å²) in [4.78, 5) is 2.31. The van der Waals surface area contributed by atoms with Crippen LogP contribution in [0.4, 0.5) is 5.88 Å². The maximum Gasteiger partial charge on any atom is 0.222 e. The first-order chi connectivity index (χ1) is 10.7. The van der Waals surface area contributed by atoms with Crippen LogP contribution < -0.4 is 15.2 Å². The van der Waals surface area contributed by atoms with Gasteiger partial charge in [-0.2, -0.15) is 0 Å². The van der Waals surface area contributed by atoms with Crippen LogP contribution in [0.25, 0.3) is 11.3 Å². The fourth-order valence-electron chi connectivity index (χ4n) is 2.64. The van der Waals surface area contributed by atoms with E-state index in [1.807, 2.05) is 18.2 Å². The van der Waals surface area contributed by atoms with Crippen molar-refractivity contribution < 1.29 is 14.0 Å².